The highest BCUT2D eigenvalue weighted by atomic mass is 35.5. The zero-order valence-corrected chi connectivity index (χ0v) is 22.2. The van der Waals surface area contributed by atoms with Crippen LogP contribution in [0.3, 0.4) is 0 Å². The normalized spacial score (nSPS) is 15.4. The summed E-state index contributed by atoms with van der Waals surface area (Å²) in [6.45, 7) is 4.47. The molecule has 0 saturated carbocycles. The zero-order valence-electron chi connectivity index (χ0n) is 21.5. The Morgan fingerprint density at radius 3 is 2.44 bits per heavy atom. The van der Waals surface area contributed by atoms with Crippen LogP contribution in [-0.4, -0.2) is 55.3 Å². The number of rotatable bonds is 7. The molecule has 0 radical (unpaired) electrons. The van der Waals surface area contributed by atoms with Crippen LogP contribution in [0.15, 0.2) is 72.9 Å². The van der Waals surface area contributed by atoms with Crippen LogP contribution in [0.2, 0.25) is 5.28 Å². The number of amides is 1. The maximum atomic E-state index is 13.7. The van der Waals surface area contributed by atoms with Crippen LogP contribution in [-0.2, 0) is 13.1 Å². The minimum absolute atomic E-state index is 0.0829. The van der Waals surface area contributed by atoms with E-state index in [1.807, 2.05) is 55.5 Å². The molecule has 8 nitrogen and oxygen atoms in total. The van der Waals surface area contributed by atoms with Crippen molar-refractivity contribution < 1.29 is 20.1 Å². The molecule has 200 valence electrons. The van der Waals surface area contributed by atoms with Crippen molar-refractivity contribution in [3.63, 3.8) is 0 Å². The summed E-state index contributed by atoms with van der Waals surface area (Å²) >= 11 is 6.01. The standard InChI is InChI=1S/C30H29ClN4O4/c1-19-15-32-30(31)33-28(19)22-6-8-23(9-7-22)35(29(39)26-11-10-24(36)14-27(26)38)17-21-4-2-20(3-5-21)16-34-13-12-25(37)18-34/h2-11,14-15,25,36-38H,12-13,16-18H2,1H3/t25-/m1/s1. The van der Waals surface area contributed by atoms with Crippen LogP contribution in [0.5, 0.6) is 11.5 Å². The van der Waals surface area contributed by atoms with Crippen molar-refractivity contribution in [3.05, 3.63) is 100 Å². The van der Waals surface area contributed by atoms with Crippen LogP contribution < -0.4 is 4.90 Å². The first-order valence-corrected chi connectivity index (χ1v) is 13.1. The number of aliphatic hydroxyl groups excluding tert-OH is 1. The van der Waals surface area contributed by atoms with Crippen molar-refractivity contribution in [1.82, 2.24) is 14.9 Å². The highest BCUT2D eigenvalue weighted by Gasteiger charge is 2.23. The number of phenols is 2. The monoisotopic (exact) mass is 544 g/mol. The van der Waals surface area contributed by atoms with Crippen LogP contribution in [0.1, 0.15) is 33.5 Å². The first kappa shape index (κ1) is 26.6. The highest BCUT2D eigenvalue weighted by molar-refractivity contribution is 6.28. The van der Waals surface area contributed by atoms with Crippen molar-refractivity contribution in [2.24, 2.45) is 0 Å². The number of phenolic OH excluding ortho intramolecular Hbond substituents is 2. The molecule has 1 atom stereocenters. The average Bonchev–Trinajstić information content (AvgIpc) is 3.33. The van der Waals surface area contributed by atoms with Crippen molar-refractivity contribution in [1.29, 1.82) is 0 Å². The Hall–Kier alpha value is -3.98. The molecule has 4 aromatic rings. The number of aliphatic hydroxyl groups is 1. The van der Waals surface area contributed by atoms with Crippen LogP contribution in [0.25, 0.3) is 11.3 Å². The predicted octanol–water partition coefficient (Wildman–Crippen LogP) is 4.93. The van der Waals surface area contributed by atoms with E-state index in [4.69, 9.17) is 11.6 Å². The molecule has 9 heteroatoms. The third-order valence-corrected chi connectivity index (χ3v) is 7.05. The fourth-order valence-corrected chi connectivity index (χ4v) is 4.92. The van der Waals surface area contributed by atoms with Gasteiger partial charge in [0.2, 0.25) is 5.28 Å². The zero-order chi connectivity index (χ0) is 27.5. The summed E-state index contributed by atoms with van der Waals surface area (Å²) in [5.74, 6) is -0.826. The van der Waals surface area contributed by atoms with Gasteiger partial charge in [-0.05, 0) is 65.9 Å². The molecular formula is C30H29ClN4O4. The number of likely N-dealkylation sites (tertiary alicyclic amines) is 1. The van der Waals surface area contributed by atoms with Gasteiger partial charge in [-0.25, -0.2) is 9.97 Å². The lowest BCUT2D eigenvalue weighted by Gasteiger charge is -2.24. The highest BCUT2D eigenvalue weighted by Crippen LogP contribution is 2.30. The van der Waals surface area contributed by atoms with Crippen LogP contribution in [0.4, 0.5) is 5.69 Å². The number of benzene rings is 3. The summed E-state index contributed by atoms with van der Waals surface area (Å²) in [4.78, 5) is 25.8. The van der Waals surface area contributed by atoms with E-state index in [9.17, 15) is 20.1 Å². The SMILES string of the molecule is Cc1cnc(Cl)nc1-c1ccc(N(Cc2ccc(CN3CC[C@@H](O)C3)cc2)C(=O)c2ccc(O)cc2O)cc1. The number of β-amino-alcohol motifs (C(OH)–C–C–N with tert-alkyl or cyclic N) is 1. The maximum Gasteiger partial charge on any atom is 0.262 e. The predicted molar refractivity (Wildman–Crippen MR) is 150 cm³/mol. The average molecular weight is 545 g/mol. The maximum absolute atomic E-state index is 13.7. The lowest BCUT2D eigenvalue weighted by atomic mass is 10.1. The van der Waals surface area contributed by atoms with E-state index in [0.717, 1.165) is 47.8 Å². The third-order valence-electron chi connectivity index (χ3n) is 6.87. The topological polar surface area (TPSA) is 110 Å². The van der Waals surface area contributed by atoms with E-state index in [1.165, 1.54) is 12.1 Å². The molecule has 0 bridgehead atoms. The third kappa shape index (κ3) is 6.20. The summed E-state index contributed by atoms with van der Waals surface area (Å²) in [6, 6.07) is 19.4. The molecule has 1 amide bonds. The van der Waals surface area contributed by atoms with Gasteiger partial charge in [0.05, 0.1) is 23.9 Å². The lowest BCUT2D eigenvalue weighted by Crippen LogP contribution is -2.30. The largest absolute Gasteiger partial charge is 0.508 e. The lowest BCUT2D eigenvalue weighted by molar-refractivity contribution is 0.0982. The molecule has 1 saturated heterocycles. The number of carbonyl (C=O) groups excluding carboxylic acids is 1. The van der Waals surface area contributed by atoms with E-state index < -0.39 is 5.91 Å². The van der Waals surface area contributed by atoms with E-state index in [-0.39, 0.29) is 35.0 Å². The Bertz CT molecular complexity index is 1480. The molecule has 1 aliphatic rings. The van der Waals surface area contributed by atoms with Gasteiger partial charge in [0, 0.05) is 43.1 Å². The van der Waals surface area contributed by atoms with Gasteiger partial charge in [-0.15, -0.1) is 0 Å². The first-order valence-electron chi connectivity index (χ1n) is 12.7. The minimum Gasteiger partial charge on any atom is -0.508 e. The van der Waals surface area contributed by atoms with E-state index in [0.29, 0.717) is 17.9 Å². The molecule has 0 spiro atoms. The molecule has 2 heterocycles. The Labute approximate surface area is 231 Å². The second kappa shape index (κ2) is 11.4. The first-order chi connectivity index (χ1) is 18.8. The summed E-state index contributed by atoms with van der Waals surface area (Å²) in [5.41, 5.74) is 5.16. The van der Waals surface area contributed by atoms with Gasteiger partial charge in [-0.3, -0.25) is 9.69 Å². The Kier molecular flexibility index (Phi) is 7.79. The summed E-state index contributed by atoms with van der Waals surface area (Å²) in [5, 5.41) is 30.1. The number of aromatic nitrogens is 2. The van der Waals surface area contributed by atoms with Gasteiger partial charge < -0.3 is 20.2 Å². The fraction of sp³-hybridized carbons (Fsp3) is 0.233. The van der Waals surface area contributed by atoms with Gasteiger partial charge >= 0.3 is 0 Å². The van der Waals surface area contributed by atoms with E-state index >= 15 is 0 Å². The summed E-state index contributed by atoms with van der Waals surface area (Å²) < 4.78 is 0. The molecule has 1 aliphatic heterocycles. The molecule has 0 unspecified atom stereocenters. The van der Waals surface area contributed by atoms with Gasteiger partial charge in [0.1, 0.15) is 11.5 Å². The number of nitrogens with zero attached hydrogens (tertiary/aromatic N) is 4. The number of anilines is 1. The van der Waals surface area contributed by atoms with Gasteiger partial charge in [0.25, 0.3) is 5.91 Å². The molecule has 1 fully saturated rings. The minimum atomic E-state index is -0.406. The smallest absolute Gasteiger partial charge is 0.262 e. The van der Waals surface area contributed by atoms with Crippen molar-refractivity contribution in [2.45, 2.75) is 32.5 Å². The summed E-state index contributed by atoms with van der Waals surface area (Å²) in [7, 11) is 0. The quantitative estimate of drug-likeness (QED) is 0.283. The number of aromatic hydroxyl groups is 2. The van der Waals surface area contributed by atoms with Crippen molar-refractivity contribution in [2.75, 3.05) is 18.0 Å². The Balaban J connectivity index is 1.43. The molecule has 5 rings (SSSR count). The van der Waals surface area contributed by atoms with Crippen molar-refractivity contribution in [3.8, 4) is 22.8 Å². The fourth-order valence-electron chi connectivity index (χ4n) is 4.79. The molecule has 1 aromatic heterocycles. The number of carbonyl (C=O) groups is 1. The number of hydrogen-bond donors (Lipinski definition) is 3. The number of hydrogen-bond acceptors (Lipinski definition) is 7. The molecule has 0 aliphatic carbocycles. The van der Waals surface area contributed by atoms with Crippen LogP contribution in [0, 0.1) is 6.92 Å². The molecule has 3 N–H and O–H groups in total. The van der Waals surface area contributed by atoms with Crippen molar-refractivity contribution >= 4 is 23.2 Å². The molecule has 3 aromatic carbocycles. The van der Waals surface area contributed by atoms with Gasteiger partial charge in [-0.1, -0.05) is 36.4 Å². The van der Waals surface area contributed by atoms with E-state index in [1.54, 1.807) is 11.1 Å². The molecule has 39 heavy (non-hydrogen) atoms. The number of aryl methyl sites for hydroxylation is 1. The Morgan fingerprint density at radius 1 is 1.05 bits per heavy atom. The van der Waals surface area contributed by atoms with E-state index in [2.05, 4.69) is 14.9 Å². The second-order valence-electron chi connectivity index (χ2n) is 9.80. The van der Waals surface area contributed by atoms with Gasteiger partial charge in [-0.2, -0.15) is 0 Å². The van der Waals surface area contributed by atoms with Crippen LogP contribution >= 0.6 is 11.6 Å². The number of halogens is 1. The second-order valence-corrected chi connectivity index (χ2v) is 10.1. The Morgan fingerprint density at radius 2 is 1.77 bits per heavy atom. The summed E-state index contributed by atoms with van der Waals surface area (Å²) in [6.07, 6.45) is 2.20. The molecular weight excluding hydrogens is 516 g/mol. The van der Waals surface area contributed by atoms with Gasteiger partial charge in [0.15, 0.2) is 0 Å².